The van der Waals surface area contributed by atoms with Crippen LogP contribution in [0, 0.1) is 6.92 Å². The number of pyridine rings is 1. The van der Waals surface area contributed by atoms with Crippen LogP contribution in [0.2, 0.25) is 0 Å². The summed E-state index contributed by atoms with van der Waals surface area (Å²) in [6, 6.07) is 5.59. The Hall–Kier alpha value is -1.79. The summed E-state index contributed by atoms with van der Waals surface area (Å²) in [6.45, 7) is 1.83. The Morgan fingerprint density at radius 2 is 2.22 bits per heavy atom. The summed E-state index contributed by atoms with van der Waals surface area (Å²) in [5, 5.41) is 0. The van der Waals surface area contributed by atoms with Gasteiger partial charge in [-0.05, 0) is 25.1 Å². The molecule has 0 aromatic carbocycles. The molecule has 5 nitrogen and oxygen atoms in total. The van der Waals surface area contributed by atoms with E-state index in [0.717, 1.165) is 22.0 Å². The summed E-state index contributed by atoms with van der Waals surface area (Å²) in [4.78, 5) is 16.4. The number of carbonyl (C=O) groups is 1. The average molecular weight is 263 g/mol. The predicted molar refractivity (Wildman–Crippen MR) is 68.9 cm³/mol. The van der Waals surface area contributed by atoms with E-state index < -0.39 is 5.91 Å². The van der Waals surface area contributed by atoms with Crippen LogP contribution in [0.5, 0.6) is 0 Å². The summed E-state index contributed by atoms with van der Waals surface area (Å²) in [5.74, 6) is 6.34. The molecule has 0 aliphatic carbocycles. The first kappa shape index (κ1) is 12.7. The fourth-order valence-electron chi connectivity index (χ4n) is 1.44. The highest BCUT2D eigenvalue weighted by Crippen LogP contribution is 2.25. The molecule has 0 atom stereocenters. The van der Waals surface area contributed by atoms with Gasteiger partial charge in [0.1, 0.15) is 5.76 Å². The van der Waals surface area contributed by atoms with E-state index in [1.54, 1.807) is 30.2 Å². The topological polar surface area (TPSA) is 81.2 Å². The highest BCUT2D eigenvalue weighted by molar-refractivity contribution is 7.98. The number of thioether (sulfide) groups is 1. The lowest BCUT2D eigenvalue weighted by molar-refractivity contribution is 0.0924. The molecule has 0 aliphatic rings. The van der Waals surface area contributed by atoms with Crippen molar-refractivity contribution in [2.75, 3.05) is 0 Å². The molecule has 18 heavy (non-hydrogen) atoms. The summed E-state index contributed by atoms with van der Waals surface area (Å²) < 4.78 is 5.34. The number of aryl methyl sites for hydroxylation is 1. The fraction of sp³-hybridized carbons (Fsp3) is 0.167. The molecule has 0 saturated heterocycles. The Morgan fingerprint density at radius 3 is 2.89 bits per heavy atom. The number of nitrogen functional groups attached to an aromatic ring is 1. The number of nitrogens with zero attached hydrogens (tertiary/aromatic N) is 1. The largest absolute Gasteiger partial charge is 0.456 e. The van der Waals surface area contributed by atoms with E-state index in [1.807, 2.05) is 24.5 Å². The van der Waals surface area contributed by atoms with Crippen molar-refractivity contribution in [1.82, 2.24) is 10.4 Å². The van der Waals surface area contributed by atoms with E-state index in [2.05, 4.69) is 4.98 Å². The van der Waals surface area contributed by atoms with Gasteiger partial charge in [0.05, 0.1) is 0 Å². The zero-order valence-electron chi connectivity index (χ0n) is 9.84. The molecular formula is C12H13N3O2S. The zero-order chi connectivity index (χ0) is 13.0. The molecule has 0 aliphatic heterocycles. The normalized spacial score (nSPS) is 10.3. The number of hydrogen-bond acceptors (Lipinski definition) is 5. The van der Waals surface area contributed by atoms with E-state index in [0.29, 0.717) is 0 Å². The SMILES string of the molecule is Cc1oc(C(=O)NN)cc1CSc1ccncc1. The summed E-state index contributed by atoms with van der Waals surface area (Å²) in [6.07, 6.45) is 3.50. The van der Waals surface area contributed by atoms with Gasteiger partial charge < -0.3 is 4.42 Å². The highest BCUT2D eigenvalue weighted by Gasteiger charge is 2.13. The lowest BCUT2D eigenvalue weighted by atomic mass is 10.3. The van der Waals surface area contributed by atoms with Gasteiger partial charge in [-0.25, -0.2) is 5.84 Å². The Labute approximate surface area is 109 Å². The van der Waals surface area contributed by atoms with E-state index in [9.17, 15) is 4.79 Å². The first-order valence-corrected chi connectivity index (χ1v) is 6.32. The maximum absolute atomic E-state index is 11.3. The van der Waals surface area contributed by atoms with E-state index in [-0.39, 0.29) is 5.76 Å². The van der Waals surface area contributed by atoms with Crippen molar-refractivity contribution in [1.29, 1.82) is 0 Å². The highest BCUT2D eigenvalue weighted by atomic mass is 32.2. The van der Waals surface area contributed by atoms with Crippen LogP contribution in [-0.2, 0) is 5.75 Å². The molecule has 1 amide bonds. The van der Waals surface area contributed by atoms with Gasteiger partial charge in [0.25, 0.3) is 0 Å². The van der Waals surface area contributed by atoms with Gasteiger partial charge in [0, 0.05) is 28.6 Å². The quantitative estimate of drug-likeness (QED) is 0.381. The Bertz CT molecular complexity index is 540. The zero-order valence-corrected chi connectivity index (χ0v) is 10.7. The minimum atomic E-state index is -0.418. The number of nitrogens with two attached hydrogens (primary N) is 1. The molecule has 0 saturated carbocycles. The number of furan rings is 1. The van der Waals surface area contributed by atoms with Crippen molar-refractivity contribution >= 4 is 17.7 Å². The van der Waals surface area contributed by atoms with Gasteiger partial charge in [-0.3, -0.25) is 15.2 Å². The van der Waals surface area contributed by atoms with Gasteiger partial charge >= 0.3 is 5.91 Å². The van der Waals surface area contributed by atoms with Gasteiger partial charge in [-0.2, -0.15) is 0 Å². The van der Waals surface area contributed by atoms with Crippen molar-refractivity contribution < 1.29 is 9.21 Å². The number of carbonyl (C=O) groups excluding carboxylic acids is 1. The van der Waals surface area contributed by atoms with Crippen LogP contribution >= 0.6 is 11.8 Å². The van der Waals surface area contributed by atoms with Crippen LogP contribution in [0.1, 0.15) is 21.9 Å². The second-order valence-electron chi connectivity index (χ2n) is 3.64. The Kier molecular flexibility index (Phi) is 4.01. The third-order valence-electron chi connectivity index (χ3n) is 2.42. The van der Waals surface area contributed by atoms with Crippen LogP contribution in [0.25, 0.3) is 0 Å². The molecule has 94 valence electrons. The second kappa shape index (κ2) is 5.70. The standard InChI is InChI=1S/C12H13N3O2S/c1-8-9(6-11(17-8)12(16)15-13)7-18-10-2-4-14-5-3-10/h2-6H,7,13H2,1H3,(H,15,16). The van der Waals surface area contributed by atoms with Crippen molar-refractivity contribution in [2.24, 2.45) is 5.84 Å². The molecule has 3 N–H and O–H groups in total. The predicted octanol–water partition coefficient (Wildman–Crippen LogP) is 1.88. The molecule has 2 heterocycles. The fourth-order valence-corrected chi connectivity index (χ4v) is 2.36. The third kappa shape index (κ3) is 2.91. The van der Waals surface area contributed by atoms with Crippen LogP contribution in [0.4, 0.5) is 0 Å². The smallest absolute Gasteiger partial charge is 0.300 e. The first-order valence-electron chi connectivity index (χ1n) is 5.34. The van der Waals surface area contributed by atoms with E-state index in [1.165, 1.54) is 0 Å². The van der Waals surface area contributed by atoms with Crippen LogP contribution in [0.3, 0.4) is 0 Å². The van der Waals surface area contributed by atoms with Gasteiger partial charge in [-0.1, -0.05) is 0 Å². The molecular weight excluding hydrogens is 250 g/mol. The maximum atomic E-state index is 11.3. The summed E-state index contributed by atoms with van der Waals surface area (Å²) >= 11 is 1.66. The molecule has 6 heteroatoms. The minimum Gasteiger partial charge on any atom is -0.456 e. The van der Waals surface area contributed by atoms with Crippen LogP contribution in [0.15, 0.2) is 39.9 Å². The van der Waals surface area contributed by atoms with E-state index in [4.69, 9.17) is 10.3 Å². The van der Waals surface area contributed by atoms with E-state index >= 15 is 0 Å². The average Bonchev–Trinajstić information content (AvgIpc) is 2.78. The molecule has 0 unspecified atom stereocenters. The van der Waals surface area contributed by atoms with Crippen molar-refractivity contribution in [2.45, 2.75) is 17.6 Å². The molecule has 0 spiro atoms. The lowest BCUT2D eigenvalue weighted by Crippen LogP contribution is -2.29. The van der Waals surface area contributed by atoms with Crippen molar-refractivity contribution in [3.8, 4) is 0 Å². The minimum absolute atomic E-state index is 0.236. The summed E-state index contributed by atoms with van der Waals surface area (Å²) in [7, 11) is 0. The van der Waals surface area contributed by atoms with Crippen molar-refractivity contribution in [3.63, 3.8) is 0 Å². The number of aromatic nitrogens is 1. The van der Waals surface area contributed by atoms with Crippen LogP contribution in [-0.4, -0.2) is 10.9 Å². The molecule has 0 radical (unpaired) electrons. The van der Waals surface area contributed by atoms with Gasteiger partial charge in [0.2, 0.25) is 0 Å². The Morgan fingerprint density at radius 1 is 1.50 bits per heavy atom. The molecule has 0 bridgehead atoms. The molecule has 0 fully saturated rings. The number of amides is 1. The summed E-state index contributed by atoms with van der Waals surface area (Å²) in [5.41, 5.74) is 3.03. The maximum Gasteiger partial charge on any atom is 0.300 e. The van der Waals surface area contributed by atoms with Gasteiger partial charge in [0.15, 0.2) is 5.76 Å². The molecule has 2 aromatic heterocycles. The van der Waals surface area contributed by atoms with Gasteiger partial charge in [-0.15, -0.1) is 11.8 Å². The lowest BCUT2D eigenvalue weighted by Gasteiger charge is -1.99. The second-order valence-corrected chi connectivity index (χ2v) is 4.69. The number of hydrogen-bond donors (Lipinski definition) is 2. The Balaban J connectivity index is 2.06. The van der Waals surface area contributed by atoms with Crippen molar-refractivity contribution in [3.05, 3.63) is 47.7 Å². The number of rotatable bonds is 4. The monoisotopic (exact) mass is 263 g/mol. The first-order chi connectivity index (χ1) is 8.70. The number of nitrogens with one attached hydrogen (secondary N) is 1. The third-order valence-corrected chi connectivity index (χ3v) is 3.48. The molecule has 2 rings (SSSR count). The molecule has 2 aromatic rings. The number of hydrazine groups is 1. The van der Waals surface area contributed by atoms with Crippen LogP contribution < -0.4 is 11.3 Å².